The minimum atomic E-state index is -0.641. The van der Waals surface area contributed by atoms with E-state index in [4.69, 9.17) is 0 Å². The summed E-state index contributed by atoms with van der Waals surface area (Å²) >= 11 is 0. The van der Waals surface area contributed by atoms with E-state index in [9.17, 15) is 5.11 Å². The Kier molecular flexibility index (Phi) is 2.88. The lowest BCUT2D eigenvalue weighted by atomic mass is 10.1. The lowest BCUT2D eigenvalue weighted by Crippen LogP contribution is -1.96. The number of benzene rings is 1. The van der Waals surface area contributed by atoms with Gasteiger partial charge in [-0.2, -0.15) is 5.10 Å². The molecule has 0 spiro atoms. The fraction of sp³-hybridized carbons (Fsp3) is 0.154. The second-order valence-corrected chi connectivity index (χ2v) is 3.80. The van der Waals surface area contributed by atoms with Crippen molar-refractivity contribution in [2.24, 2.45) is 0 Å². The van der Waals surface area contributed by atoms with Crippen molar-refractivity contribution in [2.75, 3.05) is 0 Å². The van der Waals surface area contributed by atoms with Gasteiger partial charge in [-0.05, 0) is 24.6 Å². The summed E-state index contributed by atoms with van der Waals surface area (Å²) in [6.45, 7) is 5.52. The highest BCUT2D eigenvalue weighted by atomic mass is 16.3. The number of hydrogen-bond acceptors (Lipinski definition) is 2. The van der Waals surface area contributed by atoms with Crippen LogP contribution < -0.4 is 0 Å². The SMILES string of the molecule is C=C(C)C(O)c1cnn(-c2ccccc2)c1. The average molecular weight is 214 g/mol. The first-order valence-electron chi connectivity index (χ1n) is 5.12. The van der Waals surface area contributed by atoms with Gasteiger partial charge in [0, 0.05) is 11.8 Å². The van der Waals surface area contributed by atoms with Crippen molar-refractivity contribution in [1.29, 1.82) is 0 Å². The molecule has 0 bridgehead atoms. The van der Waals surface area contributed by atoms with Crippen molar-refractivity contribution in [3.63, 3.8) is 0 Å². The highest BCUT2D eigenvalue weighted by molar-refractivity contribution is 5.32. The van der Waals surface area contributed by atoms with Crippen LogP contribution in [0.2, 0.25) is 0 Å². The second kappa shape index (κ2) is 4.33. The fourth-order valence-corrected chi connectivity index (χ4v) is 1.48. The molecule has 1 aromatic heterocycles. The average Bonchev–Trinajstić information content (AvgIpc) is 2.78. The number of nitrogens with zero attached hydrogens (tertiary/aromatic N) is 2. The van der Waals surface area contributed by atoms with Gasteiger partial charge >= 0.3 is 0 Å². The summed E-state index contributed by atoms with van der Waals surface area (Å²) in [7, 11) is 0. The predicted octanol–water partition coefficient (Wildman–Crippen LogP) is 2.48. The molecule has 0 radical (unpaired) electrons. The van der Waals surface area contributed by atoms with Crippen LogP contribution in [-0.4, -0.2) is 14.9 Å². The van der Waals surface area contributed by atoms with E-state index < -0.39 is 6.10 Å². The lowest BCUT2D eigenvalue weighted by Gasteiger charge is -2.06. The first-order valence-corrected chi connectivity index (χ1v) is 5.12. The Morgan fingerprint density at radius 3 is 2.69 bits per heavy atom. The molecular formula is C13H14N2O. The van der Waals surface area contributed by atoms with Crippen LogP contribution in [0.5, 0.6) is 0 Å². The van der Waals surface area contributed by atoms with Crippen molar-refractivity contribution >= 4 is 0 Å². The van der Waals surface area contributed by atoms with Gasteiger partial charge in [0.1, 0.15) is 6.10 Å². The molecule has 3 nitrogen and oxygen atoms in total. The largest absolute Gasteiger partial charge is 0.384 e. The van der Waals surface area contributed by atoms with E-state index in [0.717, 1.165) is 11.3 Å². The molecule has 0 saturated carbocycles. The first-order chi connectivity index (χ1) is 7.68. The molecule has 82 valence electrons. The van der Waals surface area contributed by atoms with Crippen LogP contribution in [-0.2, 0) is 0 Å². The van der Waals surface area contributed by atoms with E-state index in [2.05, 4.69) is 11.7 Å². The van der Waals surface area contributed by atoms with Crippen LogP contribution in [0.3, 0.4) is 0 Å². The molecule has 2 rings (SSSR count). The Morgan fingerprint density at radius 2 is 2.06 bits per heavy atom. The molecule has 1 N–H and O–H groups in total. The Morgan fingerprint density at radius 1 is 1.38 bits per heavy atom. The zero-order valence-corrected chi connectivity index (χ0v) is 9.17. The number of aromatic nitrogens is 2. The molecule has 1 atom stereocenters. The van der Waals surface area contributed by atoms with Gasteiger partial charge in [-0.15, -0.1) is 0 Å². The van der Waals surface area contributed by atoms with Gasteiger partial charge < -0.3 is 5.11 Å². The standard InChI is InChI=1S/C13H14N2O/c1-10(2)13(16)11-8-14-15(9-11)12-6-4-3-5-7-12/h3-9,13,16H,1H2,2H3. The molecule has 1 aromatic carbocycles. The first kappa shape index (κ1) is 10.6. The topological polar surface area (TPSA) is 38.1 Å². The van der Waals surface area contributed by atoms with E-state index in [0.29, 0.717) is 5.57 Å². The van der Waals surface area contributed by atoms with Crippen LogP contribution in [0.15, 0.2) is 54.9 Å². The molecule has 0 amide bonds. The van der Waals surface area contributed by atoms with Crippen LogP contribution in [0.4, 0.5) is 0 Å². The van der Waals surface area contributed by atoms with Gasteiger partial charge in [-0.3, -0.25) is 0 Å². The summed E-state index contributed by atoms with van der Waals surface area (Å²) in [5, 5.41) is 14.0. The molecule has 0 fully saturated rings. The number of aliphatic hydroxyl groups is 1. The predicted molar refractivity (Wildman–Crippen MR) is 63.3 cm³/mol. The Hall–Kier alpha value is -1.87. The van der Waals surface area contributed by atoms with Crippen molar-refractivity contribution in [3.05, 3.63) is 60.4 Å². The number of aliphatic hydroxyl groups excluding tert-OH is 1. The van der Waals surface area contributed by atoms with E-state index in [1.165, 1.54) is 0 Å². The monoisotopic (exact) mass is 214 g/mol. The lowest BCUT2D eigenvalue weighted by molar-refractivity contribution is 0.216. The molecule has 0 aliphatic rings. The van der Waals surface area contributed by atoms with Crippen molar-refractivity contribution < 1.29 is 5.11 Å². The van der Waals surface area contributed by atoms with Gasteiger partial charge in [0.2, 0.25) is 0 Å². The maximum Gasteiger partial charge on any atom is 0.103 e. The van der Waals surface area contributed by atoms with E-state index in [1.807, 2.05) is 36.5 Å². The summed E-state index contributed by atoms with van der Waals surface area (Å²) in [6, 6.07) is 9.78. The van der Waals surface area contributed by atoms with E-state index >= 15 is 0 Å². The second-order valence-electron chi connectivity index (χ2n) is 3.80. The molecule has 3 heteroatoms. The zero-order chi connectivity index (χ0) is 11.5. The van der Waals surface area contributed by atoms with Crippen LogP contribution in [0.25, 0.3) is 5.69 Å². The molecule has 0 aliphatic carbocycles. The summed E-state index contributed by atoms with van der Waals surface area (Å²) in [5.41, 5.74) is 2.45. The third-order valence-electron chi connectivity index (χ3n) is 2.41. The molecule has 0 aliphatic heterocycles. The van der Waals surface area contributed by atoms with Gasteiger partial charge in [-0.1, -0.05) is 24.8 Å². The number of para-hydroxylation sites is 1. The highest BCUT2D eigenvalue weighted by Crippen LogP contribution is 2.19. The zero-order valence-electron chi connectivity index (χ0n) is 9.17. The molecule has 1 heterocycles. The summed E-state index contributed by atoms with van der Waals surface area (Å²) in [6.07, 6.45) is 2.83. The van der Waals surface area contributed by atoms with Gasteiger partial charge in [0.05, 0.1) is 11.9 Å². The number of hydrogen-bond donors (Lipinski definition) is 1. The minimum Gasteiger partial charge on any atom is -0.384 e. The van der Waals surface area contributed by atoms with Crippen LogP contribution >= 0.6 is 0 Å². The summed E-state index contributed by atoms with van der Waals surface area (Å²) < 4.78 is 1.74. The van der Waals surface area contributed by atoms with Crippen LogP contribution in [0.1, 0.15) is 18.6 Å². The summed E-state index contributed by atoms with van der Waals surface area (Å²) in [5.74, 6) is 0. The molecule has 16 heavy (non-hydrogen) atoms. The van der Waals surface area contributed by atoms with Gasteiger partial charge in [0.25, 0.3) is 0 Å². The van der Waals surface area contributed by atoms with Crippen molar-refractivity contribution in [1.82, 2.24) is 9.78 Å². The van der Waals surface area contributed by atoms with E-state index in [1.54, 1.807) is 17.8 Å². The Labute approximate surface area is 94.7 Å². The van der Waals surface area contributed by atoms with Crippen molar-refractivity contribution in [2.45, 2.75) is 13.0 Å². The molecule has 1 unspecified atom stereocenters. The van der Waals surface area contributed by atoms with Gasteiger partial charge in [-0.25, -0.2) is 4.68 Å². The van der Waals surface area contributed by atoms with E-state index in [-0.39, 0.29) is 0 Å². The quantitative estimate of drug-likeness (QED) is 0.797. The smallest absolute Gasteiger partial charge is 0.103 e. The van der Waals surface area contributed by atoms with Crippen LogP contribution in [0, 0.1) is 0 Å². The molecule has 0 saturated heterocycles. The third kappa shape index (κ3) is 2.04. The maximum atomic E-state index is 9.81. The fourth-order valence-electron chi connectivity index (χ4n) is 1.48. The minimum absolute atomic E-state index is 0.641. The Bertz CT molecular complexity index is 488. The third-order valence-corrected chi connectivity index (χ3v) is 2.41. The number of rotatable bonds is 3. The molecular weight excluding hydrogens is 200 g/mol. The van der Waals surface area contributed by atoms with Crippen molar-refractivity contribution in [3.8, 4) is 5.69 Å². The Balaban J connectivity index is 2.30. The van der Waals surface area contributed by atoms with Gasteiger partial charge in [0.15, 0.2) is 0 Å². The maximum absolute atomic E-state index is 9.81. The summed E-state index contributed by atoms with van der Waals surface area (Å²) in [4.78, 5) is 0. The normalized spacial score (nSPS) is 12.4. The molecule has 2 aromatic rings. The highest BCUT2D eigenvalue weighted by Gasteiger charge is 2.10.